The third-order valence-corrected chi connectivity index (χ3v) is 5.68. The molecule has 0 unspecified atom stereocenters. The summed E-state index contributed by atoms with van der Waals surface area (Å²) in [6, 6.07) is 9.64. The van der Waals surface area contributed by atoms with Gasteiger partial charge in [0, 0.05) is 17.0 Å². The molecular formula is C15H11ClN4OS2. The molecule has 3 aromatic heterocycles. The predicted molar refractivity (Wildman–Crippen MR) is 94.6 cm³/mol. The molecule has 0 bridgehead atoms. The number of rotatable bonds is 3. The molecule has 0 saturated carbocycles. The number of aromatic nitrogens is 4. The molecule has 0 amide bonds. The van der Waals surface area contributed by atoms with E-state index in [4.69, 9.17) is 11.6 Å². The third kappa shape index (κ3) is 2.45. The van der Waals surface area contributed by atoms with Crippen molar-refractivity contribution < 1.29 is 0 Å². The van der Waals surface area contributed by atoms with Gasteiger partial charge in [-0.15, -0.1) is 33.3 Å². The molecule has 0 aliphatic carbocycles. The van der Waals surface area contributed by atoms with Gasteiger partial charge in [-0.25, -0.2) is 0 Å². The molecule has 0 saturated heterocycles. The molecule has 4 rings (SSSR count). The highest BCUT2D eigenvalue weighted by atomic mass is 35.5. The second-order valence-corrected chi connectivity index (χ2v) is 7.40. The Morgan fingerprint density at radius 2 is 2.17 bits per heavy atom. The fourth-order valence-electron chi connectivity index (χ4n) is 2.45. The quantitative estimate of drug-likeness (QED) is 0.523. The molecule has 116 valence electrons. The van der Waals surface area contributed by atoms with Gasteiger partial charge in [-0.3, -0.25) is 13.8 Å². The van der Waals surface area contributed by atoms with Crippen LogP contribution in [0.3, 0.4) is 0 Å². The highest BCUT2D eigenvalue weighted by molar-refractivity contribution is 7.98. The second kappa shape index (κ2) is 5.67. The number of aryl methyl sites for hydroxylation is 1. The van der Waals surface area contributed by atoms with Crippen LogP contribution in [0, 0.1) is 0 Å². The van der Waals surface area contributed by atoms with Crippen LogP contribution < -0.4 is 5.56 Å². The second-order valence-electron chi connectivity index (χ2n) is 5.00. The number of thioether (sulfide) groups is 1. The van der Waals surface area contributed by atoms with Crippen molar-refractivity contribution in [3.63, 3.8) is 0 Å². The van der Waals surface area contributed by atoms with Crippen molar-refractivity contribution in [2.45, 2.75) is 10.6 Å². The van der Waals surface area contributed by atoms with Crippen LogP contribution in [0.25, 0.3) is 16.0 Å². The molecule has 0 aliphatic rings. The third-order valence-electron chi connectivity index (χ3n) is 3.56. The van der Waals surface area contributed by atoms with E-state index in [1.165, 1.54) is 11.3 Å². The molecule has 0 radical (unpaired) electrons. The van der Waals surface area contributed by atoms with Gasteiger partial charge in [0.25, 0.3) is 5.56 Å². The fourth-order valence-corrected chi connectivity index (χ4v) is 4.42. The molecule has 0 fully saturated rings. The van der Waals surface area contributed by atoms with Gasteiger partial charge >= 0.3 is 0 Å². The van der Waals surface area contributed by atoms with Crippen LogP contribution in [-0.4, -0.2) is 19.2 Å². The summed E-state index contributed by atoms with van der Waals surface area (Å²) in [5, 5.41) is 11.1. The predicted octanol–water partition coefficient (Wildman–Crippen LogP) is 3.59. The van der Waals surface area contributed by atoms with Gasteiger partial charge in [0.05, 0.1) is 11.3 Å². The van der Waals surface area contributed by atoms with Gasteiger partial charge in [-0.05, 0) is 29.6 Å². The van der Waals surface area contributed by atoms with Crippen LogP contribution in [0.1, 0.15) is 5.82 Å². The van der Waals surface area contributed by atoms with Crippen LogP contribution >= 0.6 is 34.7 Å². The minimum absolute atomic E-state index is 0.0380. The van der Waals surface area contributed by atoms with E-state index in [2.05, 4.69) is 10.2 Å². The van der Waals surface area contributed by atoms with Crippen LogP contribution in [0.5, 0.6) is 0 Å². The summed E-state index contributed by atoms with van der Waals surface area (Å²) >= 11 is 9.09. The van der Waals surface area contributed by atoms with E-state index in [-0.39, 0.29) is 5.56 Å². The summed E-state index contributed by atoms with van der Waals surface area (Å²) < 4.78 is 4.21. The lowest BCUT2D eigenvalue weighted by molar-refractivity contribution is 0.860. The Morgan fingerprint density at radius 1 is 1.30 bits per heavy atom. The van der Waals surface area contributed by atoms with Crippen molar-refractivity contribution in [3.05, 3.63) is 56.9 Å². The van der Waals surface area contributed by atoms with Crippen molar-refractivity contribution in [2.24, 2.45) is 7.05 Å². The van der Waals surface area contributed by atoms with Crippen molar-refractivity contribution in [2.75, 3.05) is 0 Å². The largest absolute Gasteiger partial charge is 0.279 e. The molecule has 0 aliphatic heterocycles. The lowest BCUT2D eigenvalue weighted by atomic mass is 10.4. The van der Waals surface area contributed by atoms with E-state index in [1.54, 1.807) is 23.4 Å². The number of hydrogen-bond donors (Lipinski definition) is 0. The number of halogens is 1. The summed E-state index contributed by atoms with van der Waals surface area (Å²) in [7, 11) is 1.72. The minimum Gasteiger partial charge on any atom is -0.279 e. The van der Waals surface area contributed by atoms with E-state index in [1.807, 2.05) is 40.1 Å². The maximum absolute atomic E-state index is 12.3. The zero-order valence-corrected chi connectivity index (χ0v) is 14.5. The van der Waals surface area contributed by atoms with E-state index in [0.717, 1.165) is 16.2 Å². The van der Waals surface area contributed by atoms with Crippen LogP contribution in [0.4, 0.5) is 0 Å². The first-order valence-electron chi connectivity index (χ1n) is 6.84. The van der Waals surface area contributed by atoms with Gasteiger partial charge in [0.1, 0.15) is 10.5 Å². The molecule has 3 heterocycles. The molecule has 1 aromatic carbocycles. The molecule has 8 heteroatoms. The Kier molecular flexibility index (Phi) is 3.63. The molecule has 0 atom stereocenters. The molecule has 0 spiro atoms. The van der Waals surface area contributed by atoms with Crippen molar-refractivity contribution in [1.82, 2.24) is 19.2 Å². The number of hydrogen-bond acceptors (Lipinski definition) is 5. The standard InChI is InChI=1S/C15H11ClN4OS2/c1-19-14(21)13-11(5-6-22-13)20-12(17-18-15(19)20)8-23-10-4-2-3-9(16)7-10/h2-7H,8H2,1H3. The Labute approximate surface area is 144 Å². The van der Waals surface area contributed by atoms with Crippen molar-refractivity contribution in [3.8, 4) is 0 Å². The maximum Gasteiger partial charge on any atom is 0.272 e. The fraction of sp³-hybridized carbons (Fsp3) is 0.133. The Bertz CT molecular complexity index is 1080. The zero-order chi connectivity index (χ0) is 16.0. The number of thiophene rings is 1. The van der Waals surface area contributed by atoms with Crippen molar-refractivity contribution in [1.29, 1.82) is 0 Å². The van der Waals surface area contributed by atoms with Crippen molar-refractivity contribution >= 4 is 50.7 Å². The molecular weight excluding hydrogens is 352 g/mol. The number of benzene rings is 1. The number of fused-ring (bicyclic) bond motifs is 3. The molecule has 4 aromatic rings. The smallest absolute Gasteiger partial charge is 0.272 e. The van der Waals surface area contributed by atoms with E-state index in [9.17, 15) is 4.79 Å². The number of nitrogens with zero attached hydrogens (tertiary/aromatic N) is 4. The molecule has 0 N–H and O–H groups in total. The SMILES string of the molecule is Cn1c(=O)c2sccc2n2c(CSc3cccc(Cl)c3)nnc12. The highest BCUT2D eigenvalue weighted by Crippen LogP contribution is 2.26. The topological polar surface area (TPSA) is 52.2 Å². The maximum atomic E-state index is 12.3. The summed E-state index contributed by atoms with van der Waals surface area (Å²) in [5.74, 6) is 2.01. The summed E-state index contributed by atoms with van der Waals surface area (Å²) in [6.45, 7) is 0. The highest BCUT2D eigenvalue weighted by Gasteiger charge is 2.15. The lowest BCUT2D eigenvalue weighted by Gasteiger charge is -2.05. The van der Waals surface area contributed by atoms with Gasteiger partial charge in [-0.2, -0.15) is 0 Å². The summed E-state index contributed by atoms with van der Waals surface area (Å²) in [5.41, 5.74) is 0.823. The van der Waals surface area contributed by atoms with E-state index < -0.39 is 0 Å². The first kappa shape index (κ1) is 14.7. The normalized spacial score (nSPS) is 11.6. The monoisotopic (exact) mass is 362 g/mol. The van der Waals surface area contributed by atoms with E-state index in [0.29, 0.717) is 21.3 Å². The Balaban J connectivity index is 1.80. The van der Waals surface area contributed by atoms with Gasteiger partial charge in [0.2, 0.25) is 5.78 Å². The van der Waals surface area contributed by atoms with E-state index >= 15 is 0 Å². The molecule has 5 nitrogen and oxygen atoms in total. The van der Waals surface area contributed by atoms with Gasteiger partial charge < -0.3 is 0 Å². The first-order valence-corrected chi connectivity index (χ1v) is 9.08. The lowest BCUT2D eigenvalue weighted by Crippen LogP contribution is -2.19. The van der Waals surface area contributed by atoms with Crippen LogP contribution in [0.2, 0.25) is 5.02 Å². The average molecular weight is 363 g/mol. The zero-order valence-electron chi connectivity index (χ0n) is 12.1. The van der Waals surface area contributed by atoms with Crippen LogP contribution in [-0.2, 0) is 12.8 Å². The Hall–Kier alpha value is -1.83. The first-order chi connectivity index (χ1) is 11.1. The Morgan fingerprint density at radius 3 is 3.00 bits per heavy atom. The van der Waals surface area contributed by atoms with Crippen LogP contribution in [0.15, 0.2) is 45.4 Å². The molecule has 23 heavy (non-hydrogen) atoms. The average Bonchev–Trinajstić information content (AvgIpc) is 3.17. The summed E-state index contributed by atoms with van der Waals surface area (Å²) in [6.07, 6.45) is 0. The van der Waals surface area contributed by atoms with Gasteiger partial charge in [0.15, 0.2) is 0 Å². The summed E-state index contributed by atoms with van der Waals surface area (Å²) in [4.78, 5) is 13.4. The minimum atomic E-state index is -0.0380. The van der Waals surface area contributed by atoms with Gasteiger partial charge in [-0.1, -0.05) is 17.7 Å².